The van der Waals surface area contributed by atoms with Gasteiger partial charge in [-0.1, -0.05) is 45.1 Å². The van der Waals surface area contributed by atoms with E-state index in [1.165, 1.54) is 6.08 Å². The van der Waals surface area contributed by atoms with Crippen molar-refractivity contribution >= 4 is 13.6 Å². The van der Waals surface area contributed by atoms with E-state index in [9.17, 15) is 9.36 Å². The van der Waals surface area contributed by atoms with Crippen LogP contribution >= 0.6 is 7.60 Å². The molecule has 6 heteroatoms. The van der Waals surface area contributed by atoms with E-state index in [4.69, 9.17) is 14.5 Å². The lowest BCUT2D eigenvalue weighted by atomic mass is 10.1. The van der Waals surface area contributed by atoms with Crippen molar-refractivity contribution < 1.29 is 23.9 Å². The van der Waals surface area contributed by atoms with Crippen LogP contribution in [0.2, 0.25) is 0 Å². The number of hydrogen-bond donors (Lipinski definition) is 2. The highest BCUT2D eigenvalue weighted by Gasteiger charge is 2.10. The van der Waals surface area contributed by atoms with E-state index in [0.29, 0.717) is 6.42 Å². The molecule has 0 aromatic rings. The fraction of sp³-hybridized carbons (Fsp3) is 0.800. The highest BCUT2D eigenvalue weighted by molar-refractivity contribution is 7.51. The molecular weight excluding hydrogens is 291 g/mol. The zero-order valence-corrected chi connectivity index (χ0v) is 13.9. The average Bonchev–Trinajstić information content (AvgIpc) is 2.39. The Morgan fingerprint density at radius 2 is 1.57 bits per heavy atom. The van der Waals surface area contributed by atoms with Gasteiger partial charge in [0.2, 0.25) is 0 Å². The summed E-state index contributed by atoms with van der Waals surface area (Å²) < 4.78 is 15.7. The Bertz CT molecular complexity index is 337. The molecule has 0 bridgehead atoms. The van der Waals surface area contributed by atoms with Gasteiger partial charge in [0.1, 0.15) is 0 Å². The third-order valence-electron chi connectivity index (χ3n) is 3.29. The molecule has 124 valence electrons. The summed E-state index contributed by atoms with van der Waals surface area (Å²) in [5.41, 5.74) is 0. The smallest absolute Gasteiger partial charge is 0.330 e. The number of carbonyl (C=O) groups excluding carboxylic acids is 1. The van der Waals surface area contributed by atoms with Gasteiger partial charge in [-0.3, -0.25) is 4.57 Å². The van der Waals surface area contributed by atoms with Gasteiger partial charge in [-0.25, -0.2) is 4.79 Å². The molecule has 0 aliphatic rings. The Kier molecular flexibility index (Phi) is 11.6. The lowest BCUT2D eigenvalue weighted by Gasteiger charge is -2.11. The molecule has 0 amide bonds. The minimum atomic E-state index is -3.80. The van der Waals surface area contributed by atoms with Crippen molar-refractivity contribution in [2.75, 3.05) is 6.16 Å². The third-order valence-corrected chi connectivity index (χ3v) is 4.19. The van der Waals surface area contributed by atoms with Crippen molar-refractivity contribution in [3.63, 3.8) is 0 Å². The second-order valence-electron chi connectivity index (χ2n) is 5.46. The van der Waals surface area contributed by atoms with E-state index in [1.807, 2.05) is 6.92 Å². The quantitative estimate of drug-likeness (QED) is 0.233. The zero-order chi connectivity index (χ0) is 16.1. The summed E-state index contributed by atoms with van der Waals surface area (Å²) in [5.74, 6) is -0.363. The van der Waals surface area contributed by atoms with Crippen molar-refractivity contribution in [2.45, 2.75) is 70.8 Å². The molecule has 0 spiro atoms. The van der Waals surface area contributed by atoms with Crippen molar-refractivity contribution in [1.29, 1.82) is 0 Å². The molecule has 0 rings (SSSR count). The normalized spacial score (nSPS) is 12.9. The van der Waals surface area contributed by atoms with Crippen LogP contribution in [0.3, 0.4) is 0 Å². The van der Waals surface area contributed by atoms with Crippen molar-refractivity contribution in [3.05, 3.63) is 12.7 Å². The highest BCUT2D eigenvalue weighted by Crippen LogP contribution is 2.35. The second-order valence-corrected chi connectivity index (χ2v) is 7.23. The fourth-order valence-electron chi connectivity index (χ4n) is 2.12. The Balaban J connectivity index is 3.27. The summed E-state index contributed by atoms with van der Waals surface area (Å²) in [6, 6.07) is 0. The number of esters is 1. The molecule has 2 N–H and O–H groups in total. The minimum Gasteiger partial charge on any atom is -0.460 e. The van der Waals surface area contributed by atoms with Crippen LogP contribution in [0.15, 0.2) is 12.7 Å². The van der Waals surface area contributed by atoms with Crippen molar-refractivity contribution in [2.24, 2.45) is 0 Å². The molecule has 0 heterocycles. The Hall–Kier alpha value is -0.640. The number of unbranched alkanes of at least 4 members (excludes halogenated alkanes) is 7. The SMILES string of the molecule is C=CC(=O)OC(C)CCCCCCCCCCP(=O)(O)O. The molecule has 0 aliphatic carbocycles. The highest BCUT2D eigenvalue weighted by atomic mass is 31.2. The molecule has 0 fully saturated rings. The number of hydrogen-bond acceptors (Lipinski definition) is 3. The lowest BCUT2D eigenvalue weighted by molar-refractivity contribution is -0.142. The first-order valence-corrected chi connectivity index (χ1v) is 9.52. The van der Waals surface area contributed by atoms with Gasteiger partial charge in [-0.2, -0.15) is 0 Å². The van der Waals surface area contributed by atoms with Crippen LogP contribution in [-0.2, 0) is 14.1 Å². The van der Waals surface area contributed by atoms with Gasteiger partial charge in [0.15, 0.2) is 0 Å². The van der Waals surface area contributed by atoms with Crippen LogP contribution in [0.25, 0.3) is 0 Å². The standard InChI is InChI=1S/C15H29O5P/c1-3-15(16)20-14(2)12-10-8-6-4-5-7-9-11-13-21(17,18)19/h3,14H,1,4-13H2,2H3,(H2,17,18,19). The molecule has 5 nitrogen and oxygen atoms in total. The number of ether oxygens (including phenoxy) is 1. The number of carbonyl (C=O) groups is 1. The van der Waals surface area contributed by atoms with Crippen LogP contribution in [0.5, 0.6) is 0 Å². The van der Waals surface area contributed by atoms with Gasteiger partial charge in [-0.15, -0.1) is 0 Å². The molecule has 0 saturated carbocycles. The first-order valence-electron chi connectivity index (χ1n) is 7.73. The van der Waals surface area contributed by atoms with Gasteiger partial charge >= 0.3 is 13.6 Å². The van der Waals surface area contributed by atoms with E-state index in [-0.39, 0.29) is 18.2 Å². The van der Waals surface area contributed by atoms with E-state index in [1.54, 1.807) is 0 Å². The lowest BCUT2D eigenvalue weighted by Crippen LogP contribution is -2.12. The molecular formula is C15H29O5P. The molecule has 0 radical (unpaired) electrons. The molecule has 0 aromatic carbocycles. The molecule has 0 aliphatic heterocycles. The topological polar surface area (TPSA) is 83.8 Å². The summed E-state index contributed by atoms with van der Waals surface area (Å²) >= 11 is 0. The maximum absolute atomic E-state index is 11.0. The predicted molar refractivity (Wildman–Crippen MR) is 84.2 cm³/mol. The maximum Gasteiger partial charge on any atom is 0.330 e. The predicted octanol–water partition coefficient (Wildman–Crippen LogP) is 3.79. The summed E-state index contributed by atoms with van der Waals surface area (Å²) in [5, 5.41) is 0. The van der Waals surface area contributed by atoms with E-state index in [0.717, 1.165) is 51.4 Å². The van der Waals surface area contributed by atoms with Crippen molar-refractivity contribution in [1.82, 2.24) is 0 Å². The molecule has 21 heavy (non-hydrogen) atoms. The second kappa shape index (κ2) is 12.0. The van der Waals surface area contributed by atoms with Crippen LogP contribution in [-0.4, -0.2) is 28.0 Å². The minimum absolute atomic E-state index is 0.00825. The average molecular weight is 320 g/mol. The van der Waals surface area contributed by atoms with E-state index >= 15 is 0 Å². The van der Waals surface area contributed by atoms with Crippen LogP contribution in [0.4, 0.5) is 0 Å². The third kappa shape index (κ3) is 15.6. The summed E-state index contributed by atoms with van der Waals surface area (Å²) in [6.45, 7) is 5.25. The van der Waals surface area contributed by atoms with Crippen LogP contribution < -0.4 is 0 Å². The summed E-state index contributed by atoms with van der Waals surface area (Å²) in [6.07, 6.45) is 10.1. The summed E-state index contributed by atoms with van der Waals surface area (Å²) in [4.78, 5) is 28.4. The van der Waals surface area contributed by atoms with E-state index in [2.05, 4.69) is 6.58 Å². The fourth-order valence-corrected chi connectivity index (χ4v) is 2.75. The van der Waals surface area contributed by atoms with Gasteiger partial charge in [0.05, 0.1) is 6.10 Å². The van der Waals surface area contributed by atoms with Gasteiger partial charge in [0, 0.05) is 12.2 Å². The first kappa shape index (κ1) is 20.4. The molecule has 1 atom stereocenters. The van der Waals surface area contributed by atoms with Crippen molar-refractivity contribution in [3.8, 4) is 0 Å². The van der Waals surface area contributed by atoms with Crippen LogP contribution in [0, 0.1) is 0 Å². The van der Waals surface area contributed by atoms with Crippen LogP contribution in [0.1, 0.15) is 64.7 Å². The molecule has 0 aromatic heterocycles. The Morgan fingerprint density at radius 3 is 2.05 bits per heavy atom. The number of rotatable bonds is 13. The summed E-state index contributed by atoms with van der Waals surface area (Å²) in [7, 11) is -3.80. The molecule has 0 saturated heterocycles. The van der Waals surface area contributed by atoms with Gasteiger partial charge in [-0.05, 0) is 26.2 Å². The van der Waals surface area contributed by atoms with Gasteiger partial charge < -0.3 is 14.5 Å². The van der Waals surface area contributed by atoms with Gasteiger partial charge in [0.25, 0.3) is 0 Å². The first-order chi connectivity index (χ1) is 9.85. The Labute approximate surface area is 127 Å². The maximum atomic E-state index is 11.0. The zero-order valence-electron chi connectivity index (χ0n) is 13.0. The monoisotopic (exact) mass is 320 g/mol. The van der Waals surface area contributed by atoms with E-state index < -0.39 is 7.60 Å². The molecule has 1 unspecified atom stereocenters. The largest absolute Gasteiger partial charge is 0.460 e. The Morgan fingerprint density at radius 1 is 1.10 bits per heavy atom.